The van der Waals surface area contributed by atoms with Crippen molar-refractivity contribution < 1.29 is 4.39 Å². The Hall–Kier alpha value is -0.0700. The molecule has 1 heteroatoms. The van der Waals surface area contributed by atoms with Crippen LogP contribution in [0.2, 0.25) is 0 Å². The van der Waals surface area contributed by atoms with Crippen molar-refractivity contribution in [3.63, 3.8) is 0 Å². The molecule has 0 saturated heterocycles. The van der Waals surface area contributed by atoms with Crippen molar-refractivity contribution in [3.8, 4) is 0 Å². The molecule has 0 radical (unpaired) electrons. The molecule has 0 aromatic heterocycles. The van der Waals surface area contributed by atoms with E-state index < -0.39 is 6.17 Å². The maximum Gasteiger partial charge on any atom is 0.105 e. The molecule has 0 nitrogen and oxygen atoms in total. The van der Waals surface area contributed by atoms with Gasteiger partial charge in [-0.15, -0.1) is 0 Å². The minimum atomic E-state index is -0.601. The van der Waals surface area contributed by atoms with Gasteiger partial charge in [-0.1, -0.05) is 47.5 Å². The first-order valence-electron chi connectivity index (χ1n) is 7.55. The molecule has 0 aliphatic heterocycles. The van der Waals surface area contributed by atoms with E-state index in [9.17, 15) is 4.39 Å². The number of hydrogen-bond acceptors (Lipinski definition) is 0. The van der Waals surface area contributed by atoms with Gasteiger partial charge >= 0.3 is 0 Å². The normalized spacial score (nSPS) is 29.6. The first-order valence-corrected chi connectivity index (χ1v) is 7.55. The molecule has 0 heterocycles. The number of halogens is 1. The second kappa shape index (κ2) is 6.75. The van der Waals surface area contributed by atoms with Crippen molar-refractivity contribution in [2.45, 2.75) is 72.9 Å². The van der Waals surface area contributed by atoms with Gasteiger partial charge < -0.3 is 0 Å². The predicted octanol–water partition coefficient (Wildman–Crippen LogP) is 5.47. The lowest BCUT2D eigenvalue weighted by atomic mass is 9.70. The van der Waals surface area contributed by atoms with Gasteiger partial charge in [-0.05, 0) is 48.9 Å². The fourth-order valence-electron chi connectivity index (χ4n) is 3.34. The molecule has 1 saturated carbocycles. The Morgan fingerprint density at radius 2 is 1.53 bits per heavy atom. The van der Waals surface area contributed by atoms with E-state index in [1.807, 2.05) is 13.8 Å². The van der Waals surface area contributed by atoms with Gasteiger partial charge in [-0.2, -0.15) is 0 Å². The smallest absolute Gasteiger partial charge is 0.105 e. The fourth-order valence-corrected chi connectivity index (χ4v) is 3.34. The lowest BCUT2D eigenvalue weighted by molar-refractivity contribution is 0.0744. The molecule has 0 aromatic rings. The highest BCUT2D eigenvalue weighted by Gasteiger charge is 2.33. The third-order valence-electron chi connectivity index (χ3n) is 4.46. The number of rotatable bonds is 5. The molecule has 17 heavy (non-hydrogen) atoms. The fraction of sp³-hybridized carbons (Fsp3) is 1.00. The Morgan fingerprint density at radius 1 is 1.00 bits per heavy atom. The van der Waals surface area contributed by atoms with Gasteiger partial charge in [0.2, 0.25) is 0 Å². The summed E-state index contributed by atoms with van der Waals surface area (Å²) < 4.78 is 14.4. The molecule has 0 aromatic carbocycles. The van der Waals surface area contributed by atoms with Crippen LogP contribution in [0.5, 0.6) is 0 Å². The largest absolute Gasteiger partial charge is 0.247 e. The maximum atomic E-state index is 14.4. The molecule has 0 N–H and O–H groups in total. The minimum Gasteiger partial charge on any atom is -0.247 e. The molecule has 2 atom stereocenters. The minimum absolute atomic E-state index is 0.179. The Kier molecular flexibility index (Phi) is 5.95. The number of alkyl halides is 1. The van der Waals surface area contributed by atoms with Crippen molar-refractivity contribution in [2.75, 3.05) is 0 Å². The van der Waals surface area contributed by atoms with Gasteiger partial charge in [0.15, 0.2) is 0 Å². The SMILES string of the molecule is CC(C)CC(C1CCC(C)CC1)C(F)C(C)C. The molecular weight excluding hydrogens is 211 g/mol. The molecule has 0 bridgehead atoms. The van der Waals surface area contributed by atoms with Crippen LogP contribution >= 0.6 is 0 Å². The molecular formula is C16H31F. The van der Waals surface area contributed by atoms with E-state index in [2.05, 4.69) is 20.8 Å². The van der Waals surface area contributed by atoms with E-state index in [4.69, 9.17) is 0 Å². The summed E-state index contributed by atoms with van der Waals surface area (Å²) >= 11 is 0. The van der Waals surface area contributed by atoms with Crippen LogP contribution in [0.15, 0.2) is 0 Å². The van der Waals surface area contributed by atoms with Crippen LogP contribution < -0.4 is 0 Å². The zero-order valence-corrected chi connectivity index (χ0v) is 12.4. The standard InChI is InChI=1S/C16H31F/c1-11(2)10-15(16(17)12(3)4)14-8-6-13(5)7-9-14/h11-16H,6-10H2,1-5H3. The molecule has 1 aliphatic carbocycles. The molecule has 1 rings (SSSR count). The van der Waals surface area contributed by atoms with Crippen LogP contribution in [-0.4, -0.2) is 6.17 Å². The van der Waals surface area contributed by atoms with E-state index in [0.717, 1.165) is 12.3 Å². The molecule has 1 aliphatic rings. The summed E-state index contributed by atoms with van der Waals surface area (Å²) in [6.07, 6.45) is 5.60. The van der Waals surface area contributed by atoms with Crippen LogP contribution in [0.4, 0.5) is 4.39 Å². The first-order chi connectivity index (χ1) is 7.91. The predicted molar refractivity (Wildman–Crippen MR) is 73.8 cm³/mol. The Labute approximate surface area is 107 Å². The summed E-state index contributed by atoms with van der Waals surface area (Å²) in [5.74, 6) is 2.62. The van der Waals surface area contributed by atoms with Crippen LogP contribution in [0, 0.1) is 29.6 Å². The highest BCUT2D eigenvalue weighted by Crippen LogP contribution is 2.39. The van der Waals surface area contributed by atoms with Crippen molar-refractivity contribution in [1.82, 2.24) is 0 Å². The molecule has 0 amide bonds. The van der Waals surface area contributed by atoms with Gasteiger partial charge in [0.25, 0.3) is 0 Å². The van der Waals surface area contributed by atoms with E-state index in [-0.39, 0.29) is 5.92 Å². The lowest BCUT2D eigenvalue weighted by Gasteiger charge is -2.36. The third-order valence-corrected chi connectivity index (χ3v) is 4.46. The summed E-state index contributed by atoms with van der Waals surface area (Å²) in [6, 6.07) is 0. The topological polar surface area (TPSA) is 0 Å². The third kappa shape index (κ3) is 4.60. The highest BCUT2D eigenvalue weighted by molar-refractivity contribution is 4.83. The van der Waals surface area contributed by atoms with Crippen molar-refractivity contribution >= 4 is 0 Å². The average Bonchev–Trinajstić information content (AvgIpc) is 2.26. The quantitative estimate of drug-likeness (QED) is 0.599. The summed E-state index contributed by atoms with van der Waals surface area (Å²) in [7, 11) is 0. The highest BCUT2D eigenvalue weighted by atomic mass is 19.1. The average molecular weight is 242 g/mol. The Bertz CT molecular complexity index is 202. The molecule has 2 unspecified atom stereocenters. The van der Waals surface area contributed by atoms with Gasteiger partial charge in [-0.25, -0.2) is 4.39 Å². The molecule has 1 fully saturated rings. The lowest BCUT2D eigenvalue weighted by Crippen LogP contribution is -2.32. The van der Waals surface area contributed by atoms with Crippen LogP contribution in [0.1, 0.15) is 66.7 Å². The van der Waals surface area contributed by atoms with E-state index >= 15 is 0 Å². The molecule has 0 spiro atoms. The summed E-state index contributed by atoms with van der Waals surface area (Å²) in [5, 5.41) is 0. The van der Waals surface area contributed by atoms with E-state index in [1.54, 1.807) is 0 Å². The van der Waals surface area contributed by atoms with Crippen molar-refractivity contribution in [3.05, 3.63) is 0 Å². The zero-order chi connectivity index (χ0) is 13.0. The van der Waals surface area contributed by atoms with Crippen molar-refractivity contribution in [1.29, 1.82) is 0 Å². The number of hydrogen-bond donors (Lipinski definition) is 0. The zero-order valence-electron chi connectivity index (χ0n) is 12.4. The van der Waals surface area contributed by atoms with Gasteiger partial charge in [-0.3, -0.25) is 0 Å². The maximum absolute atomic E-state index is 14.4. The summed E-state index contributed by atoms with van der Waals surface area (Å²) in [5.41, 5.74) is 0. The van der Waals surface area contributed by atoms with E-state index in [1.165, 1.54) is 25.7 Å². The first kappa shape index (κ1) is 15.0. The Balaban J connectivity index is 2.62. The van der Waals surface area contributed by atoms with Crippen molar-refractivity contribution in [2.24, 2.45) is 29.6 Å². The monoisotopic (exact) mass is 242 g/mol. The van der Waals surface area contributed by atoms with Gasteiger partial charge in [0.1, 0.15) is 6.17 Å². The van der Waals surface area contributed by atoms with E-state index in [0.29, 0.717) is 17.8 Å². The molecule has 102 valence electrons. The van der Waals surface area contributed by atoms with Gasteiger partial charge in [0, 0.05) is 0 Å². The van der Waals surface area contributed by atoms with Crippen LogP contribution in [-0.2, 0) is 0 Å². The second-order valence-electron chi connectivity index (χ2n) is 7.00. The second-order valence-corrected chi connectivity index (χ2v) is 7.00. The summed E-state index contributed by atoms with van der Waals surface area (Å²) in [6.45, 7) is 10.9. The van der Waals surface area contributed by atoms with Crippen LogP contribution in [0.3, 0.4) is 0 Å². The Morgan fingerprint density at radius 3 is 1.94 bits per heavy atom. The van der Waals surface area contributed by atoms with Crippen LogP contribution in [0.25, 0.3) is 0 Å². The summed E-state index contributed by atoms with van der Waals surface area (Å²) in [4.78, 5) is 0. The van der Waals surface area contributed by atoms with Gasteiger partial charge in [0.05, 0.1) is 0 Å².